The van der Waals surface area contributed by atoms with E-state index in [1.807, 2.05) is 20.8 Å². The molecular weight excluding hydrogens is 508 g/mol. The van der Waals surface area contributed by atoms with E-state index in [1.165, 1.54) is 39.9 Å². The molecule has 1 aromatic heterocycles. The lowest BCUT2D eigenvalue weighted by atomic mass is 10.0. The summed E-state index contributed by atoms with van der Waals surface area (Å²) < 4.78 is 27.0. The molecule has 3 rings (SSSR count). The number of thiophene rings is 1. The van der Waals surface area contributed by atoms with E-state index >= 15 is 0 Å². The van der Waals surface area contributed by atoms with Crippen molar-refractivity contribution in [1.29, 1.82) is 0 Å². The fraction of sp³-hybridized carbons (Fsp3) is 0.556. The van der Waals surface area contributed by atoms with Gasteiger partial charge in [0.25, 0.3) is 11.8 Å². The van der Waals surface area contributed by atoms with Crippen LogP contribution in [0.15, 0.2) is 29.2 Å². The second-order valence-corrected chi connectivity index (χ2v) is 12.5. The van der Waals surface area contributed by atoms with E-state index in [4.69, 9.17) is 0 Å². The van der Waals surface area contributed by atoms with Crippen molar-refractivity contribution in [2.45, 2.75) is 64.8 Å². The highest BCUT2D eigenvalue weighted by atomic mass is 32.2. The van der Waals surface area contributed by atoms with Gasteiger partial charge in [-0.25, -0.2) is 12.7 Å². The van der Waals surface area contributed by atoms with Crippen LogP contribution in [0, 0.1) is 0 Å². The molecule has 37 heavy (non-hydrogen) atoms. The first-order valence-corrected chi connectivity index (χ1v) is 15.5. The molecule has 0 atom stereocenters. The Morgan fingerprint density at radius 2 is 1.73 bits per heavy atom. The highest BCUT2D eigenvalue weighted by Crippen LogP contribution is 2.38. The summed E-state index contributed by atoms with van der Waals surface area (Å²) in [6.07, 6.45) is 3.53. The molecule has 0 radical (unpaired) electrons. The van der Waals surface area contributed by atoms with Crippen LogP contribution in [0.1, 0.15) is 78.1 Å². The SMILES string of the molecule is CCCCN(C)S(=O)(=O)c1ccc(C(=O)Nc2sc3c(c2C(=O)N(CC)CC)CCN(CCC)C3)cc1. The first kappa shape index (κ1) is 29.3. The zero-order chi connectivity index (χ0) is 27.2. The third-order valence-corrected chi connectivity index (χ3v) is 9.82. The molecule has 0 unspecified atom stereocenters. The lowest BCUT2D eigenvalue weighted by Crippen LogP contribution is -2.34. The lowest BCUT2D eigenvalue weighted by Gasteiger charge is -2.27. The van der Waals surface area contributed by atoms with Crippen LogP contribution in [-0.4, -0.2) is 74.1 Å². The van der Waals surface area contributed by atoms with Crippen LogP contribution >= 0.6 is 11.3 Å². The normalized spacial score (nSPS) is 14.0. The standard InChI is InChI=1S/C27H40N4O4S2/c1-6-10-17-29(5)37(34,35)21-13-11-20(12-14-21)25(32)28-26-24(27(33)31(8-3)9-4)22-15-18-30(16-7-2)19-23(22)36-26/h11-14H,6-10,15-19H2,1-5H3,(H,28,32). The number of fused-ring (bicyclic) bond motifs is 1. The van der Waals surface area contributed by atoms with Gasteiger partial charge in [0.1, 0.15) is 5.00 Å². The highest BCUT2D eigenvalue weighted by Gasteiger charge is 2.30. The van der Waals surface area contributed by atoms with Crippen LogP contribution in [0.2, 0.25) is 0 Å². The fourth-order valence-electron chi connectivity index (χ4n) is 4.58. The van der Waals surface area contributed by atoms with E-state index in [9.17, 15) is 18.0 Å². The lowest BCUT2D eigenvalue weighted by molar-refractivity contribution is 0.0772. The molecule has 1 aromatic carbocycles. The van der Waals surface area contributed by atoms with Crippen LogP contribution < -0.4 is 5.32 Å². The molecule has 0 spiro atoms. The highest BCUT2D eigenvalue weighted by molar-refractivity contribution is 7.89. The average molecular weight is 549 g/mol. The largest absolute Gasteiger partial charge is 0.339 e. The number of anilines is 1. The molecule has 10 heteroatoms. The van der Waals surface area contributed by atoms with Crippen LogP contribution in [0.5, 0.6) is 0 Å². The van der Waals surface area contributed by atoms with Crippen molar-refractivity contribution in [3.05, 3.63) is 45.8 Å². The van der Waals surface area contributed by atoms with Gasteiger partial charge in [0.2, 0.25) is 10.0 Å². The molecular formula is C27H40N4O4S2. The minimum atomic E-state index is -3.61. The third kappa shape index (κ3) is 6.60. The Kier molecular flexibility index (Phi) is 10.3. The Hall–Kier alpha value is -2.27. The molecule has 1 aliphatic heterocycles. The number of benzene rings is 1. The number of hydrogen-bond donors (Lipinski definition) is 1. The van der Waals surface area contributed by atoms with Crippen molar-refractivity contribution in [3.8, 4) is 0 Å². The topological polar surface area (TPSA) is 90.0 Å². The fourth-order valence-corrected chi connectivity index (χ4v) is 7.07. The van der Waals surface area contributed by atoms with Crippen LogP contribution in [-0.2, 0) is 23.0 Å². The quantitative estimate of drug-likeness (QED) is 0.416. The Labute approximate surface area is 225 Å². The molecule has 2 amide bonds. The van der Waals surface area contributed by atoms with Gasteiger partial charge in [0.15, 0.2) is 0 Å². The van der Waals surface area contributed by atoms with Crippen molar-refractivity contribution in [2.24, 2.45) is 0 Å². The number of amides is 2. The van der Waals surface area contributed by atoms with Crippen LogP contribution in [0.25, 0.3) is 0 Å². The first-order chi connectivity index (χ1) is 17.7. The number of nitrogens with zero attached hydrogens (tertiary/aromatic N) is 3. The average Bonchev–Trinajstić information content (AvgIpc) is 3.24. The molecule has 0 aliphatic carbocycles. The summed E-state index contributed by atoms with van der Waals surface area (Å²) in [4.78, 5) is 32.1. The Balaban J connectivity index is 1.87. The zero-order valence-corrected chi connectivity index (χ0v) is 24.3. The Morgan fingerprint density at radius 3 is 2.32 bits per heavy atom. The summed E-state index contributed by atoms with van der Waals surface area (Å²) in [7, 11) is -2.04. The van der Waals surface area contributed by atoms with E-state index in [0.717, 1.165) is 55.8 Å². The van der Waals surface area contributed by atoms with E-state index in [2.05, 4.69) is 17.1 Å². The smallest absolute Gasteiger partial charge is 0.257 e. The molecule has 0 saturated carbocycles. The molecule has 1 N–H and O–H groups in total. The number of nitrogens with one attached hydrogen (secondary N) is 1. The van der Waals surface area contributed by atoms with Crippen LogP contribution in [0.3, 0.4) is 0 Å². The first-order valence-electron chi connectivity index (χ1n) is 13.2. The molecule has 2 heterocycles. The maximum Gasteiger partial charge on any atom is 0.257 e. The van der Waals surface area contributed by atoms with Gasteiger partial charge in [-0.3, -0.25) is 14.5 Å². The summed E-state index contributed by atoms with van der Waals surface area (Å²) in [5.41, 5.74) is 1.99. The minimum absolute atomic E-state index is 0.0571. The molecule has 8 nitrogen and oxygen atoms in total. The molecule has 204 valence electrons. The summed E-state index contributed by atoms with van der Waals surface area (Å²) >= 11 is 1.48. The van der Waals surface area contributed by atoms with Gasteiger partial charge in [-0.1, -0.05) is 20.3 Å². The van der Waals surface area contributed by atoms with Crippen molar-refractivity contribution in [1.82, 2.24) is 14.1 Å². The maximum atomic E-state index is 13.5. The van der Waals surface area contributed by atoms with Crippen molar-refractivity contribution in [2.75, 3.05) is 45.1 Å². The molecule has 0 fully saturated rings. The predicted molar refractivity (Wildman–Crippen MR) is 150 cm³/mol. The van der Waals surface area contributed by atoms with Gasteiger partial charge in [-0.15, -0.1) is 11.3 Å². The number of carbonyl (C=O) groups is 2. The summed E-state index contributed by atoms with van der Waals surface area (Å²) in [6.45, 7) is 12.4. The van der Waals surface area contributed by atoms with Gasteiger partial charge in [0, 0.05) is 50.2 Å². The Morgan fingerprint density at radius 1 is 1.05 bits per heavy atom. The van der Waals surface area contributed by atoms with E-state index < -0.39 is 10.0 Å². The number of hydrogen-bond acceptors (Lipinski definition) is 6. The molecule has 1 aliphatic rings. The van der Waals surface area contributed by atoms with Crippen molar-refractivity contribution in [3.63, 3.8) is 0 Å². The van der Waals surface area contributed by atoms with E-state index in [-0.39, 0.29) is 16.7 Å². The van der Waals surface area contributed by atoms with Gasteiger partial charge in [-0.2, -0.15) is 0 Å². The third-order valence-electron chi connectivity index (χ3n) is 6.82. The van der Waals surface area contributed by atoms with Crippen molar-refractivity contribution >= 4 is 38.2 Å². The van der Waals surface area contributed by atoms with E-state index in [1.54, 1.807) is 11.9 Å². The van der Waals surface area contributed by atoms with Crippen molar-refractivity contribution < 1.29 is 18.0 Å². The molecule has 0 saturated heterocycles. The number of rotatable bonds is 12. The zero-order valence-electron chi connectivity index (χ0n) is 22.7. The second kappa shape index (κ2) is 13.0. The number of sulfonamides is 1. The Bertz CT molecular complexity index is 1190. The summed E-state index contributed by atoms with van der Waals surface area (Å²) in [5.74, 6) is -0.417. The van der Waals surface area contributed by atoms with Gasteiger partial charge < -0.3 is 10.2 Å². The number of carbonyl (C=O) groups excluding carboxylic acids is 2. The summed E-state index contributed by atoms with van der Waals surface area (Å²) in [6, 6.07) is 5.99. The van der Waals surface area contributed by atoms with Gasteiger partial charge in [0.05, 0.1) is 10.5 Å². The molecule has 0 bridgehead atoms. The van der Waals surface area contributed by atoms with E-state index in [0.29, 0.717) is 35.8 Å². The van der Waals surface area contributed by atoms with Crippen LogP contribution in [0.4, 0.5) is 5.00 Å². The second-order valence-electron chi connectivity index (χ2n) is 9.37. The van der Waals surface area contributed by atoms with Gasteiger partial charge >= 0.3 is 0 Å². The summed E-state index contributed by atoms with van der Waals surface area (Å²) in [5, 5.41) is 3.55. The molecule has 2 aromatic rings. The monoisotopic (exact) mass is 548 g/mol. The number of unbranched alkanes of at least 4 members (excludes halogenated alkanes) is 1. The minimum Gasteiger partial charge on any atom is -0.339 e. The van der Waals surface area contributed by atoms with Gasteiger partial charge in [-0.05, 0) is 69.5 Å². The predicted octanol–water partition coefficient (Wildman–Crippen LogP) is 4.67. The maximum absolute atomic E-state index is 13.5.